The lowest BCUT2D eigenvalue weighted by Gasteiger charge is -2.28. The Balaban J connectivity index is 2.42. The number of carbonyl (C=O) groups is 1. The molecule has 0 N–H and O–H groups in total. The molecule has 21 heavy (non-hydrogen) atoms. The van der Waals surface area contributed by atoms with Crippen molar-refractivity contribution in [3.05, 3.63) is 12.2 Å². The highest BCUT2D eigenvalue weighted by molar-refractivity contribution is 5.81. The Hall–Kier alpha value is -0.910. The van der Waals surface area contributed by atoms with Gasteiger partial charge in [0.1, 0.15) is 6.79 Å². The molecule has 0 aromatic carbocycles. The van der Waals surface area contributed by atoms with Gasteiger partial charge < -0.3 is 18.9 Å². The molecule has 1 atom stereocenters. The van der Waals surface area contributed by atoms with Crippen LogP contribution in [0.15, 0.2) is 12.2 Å². The quantitative estimate of drug-likeness (QED) is 0.269. The molecule has 5 heteroatoms. The Morgan fingerprint density at radius 3 is 2.67 bits per heavy atom. The molecule has 0 saturated heterocycles. The van der Waals surface area contributed by atoms with E-state index in [-0.39, 0.29) is 18.9 Å². The van der Waals surface area contributed by atoms with Crippen molar-refractivity contribution in [1.82, 2.24) is 0 Å². The molecule has 0 bridgehead atoms. The molecule has 0 amide bonds. The zero-order valence-corrected chi connectivity index (χ0v) is 13.2. The summed E-state index contributed by atoms with van der Waals surface area (Å²) in [7, 11) is 1.64. The Labute approximate surface area is 127 Å². The van der Waals surface area contributed by atoms with Gasteiger partial charge in [-0.1, -0.05) is 19.3 Å². The van der Waals surface area contributed by atoms with Crippen molar-refractivity contribution < 1.29 is 23.7 Å². The maximum Gasteiger partial charge on any atom is 0.330 e. The zero-order valence-electron chi connectivity index (χ0n) is 13.2. The lowest BCUT2D eigenvalue weighted by molar-refractivity contribution is -0.137. The summed E-state index contributed by atoms with van der Waals surface area (Å²) in [5.41, 5.74) is 0. The van der Waals surface area contributed by atoms with Gasteiger partial charge in [-0.05, 0) is 31.8 Å². The predicted octanol–water partition coefficient (Wildman–Crippen LogP) is 2.69. The van der Waals surface area contributed by atoms with Gasteiger partial charge in [0, 0.05) is 13.2 Å². The molecule has 122 valence electrons. The fourth-order valence-corrected chi connectivity index (χ4v) is 2.50. The summed E-state index contributed by atoms with van der Waals surface area (Å²) in [5, 5.41) is 0. The van der Waals surface area contributed by atoms with Crippen LogP contribution in [-0.2, 0) is 23.7 Å². The topological polar surface area (TPSA) is 54.0 Å². The lowest BCUT2D eigenvalue weighted by Crippen LogP contribution is -2.26. The fourth-order valence-electron chi connectivity index (χ4n) is 2.50. The molecule has 0 radical (unpaired) electrons. The summed E-state index contributed by atoms with van der Waals surface area (Å²) in [6, 6.07) is 0. The summed E-state index contributed by atoms with van der Waals surface area (Å²) in [4.78, 5) is 11.4. The first-order chi connectivity index (χ1) is 10.3. The molecule has 0 aromatic heterocycles. The third kappa shape index (κ3) is 8.19. The molecular formula is C16H28O5. The first kappa shape index (κ1) is 18.1. The molecule has 1 rings (SSSR count). The first-order valence-electron chi connectivity index (χ1n) is 7.81. The van der Waals surface area contributed by atoms with E-state index in [0.29, 0.717) is 25.7 Å². The number of ether oxygens (including phenoxy) is 4. The van der Waals surface area contributed by atoms with Crippen LogP contribution < -0.4 is 0 Å². The monoisotopic (exact) mass is 300 g/mol. The van der Waals surface area contributed by atoms with Crippen LogP contribution in [0.25, 0.3) is 0 Å². The second-order valence-corrected chi connectivity index (χ2v) is 5.16. The van der Waals surface area contributed by atoms with Crippen LogP contribution in [-0.4, -0.2) is 45.8 Å². The Bertz CT molecular complexity index is 297. The maximum atomic E-state index is 11.4. The van der Waals surface area contributed by atoms with E-state index < -0.39 is 0 Å². The number of hydrogen-bond acceptors (Lipinski definition) is 5. The molecule has 0 aliphatic heterocycles. The molecule has 0 spiro atoms. The van der Waals surface area contributed by atoms with Gasteiger partial charge in [-0.3, -0.25) is 0 Å². The van der Waals surface area contributed by atoms with Gasteiger partial charge in [-0.25, -0.2) is 4.79 Å². The van der Waals surface area contributed by atoms with Crippen LogP contribution in [0.5, 0.6) is 0 Å². The molecule has 1 aliphatic rings. The highest BCUT2D eigenvalue weighted by Crippen LogP contribution is 2.28. The summed E-state index contributed by atoms with van der Waals surface area (Å²) in [5.74, 6) is 0.137. The summed E-state index contributed by atoms with van der Waals surface area (Å²) in [6.07, 6.45) is 9.20. The lowest BCUT2D eigenvalue weighted by atomic mass is 9.85. The summed E-state index contributed by atoms with van der Waals surface area (Å²) in [6.45, 7) is 3.46. The molecule has 0 aromatic rings. The minimum Gasteiger partial charge on any atom is -0.463 e. The third-order valence-electron chi connectivity index (χ3n) is 3.60. The van der Waals surface area contributed by atoms with E-state index in [1.807, 2.05) is 6.08 Å². The van der Waals surface area contributed by atoms with Crippen molar-refractivity contribution in [2.24, 2.45) is 5.92 Å². The maximum absolute atomic E-state index is 11.4. The Morgan fingerprint density at radius 1 is 1.24 bits per heavy atom. The summed E-state index contributed by atoms with van der Waals surface area (Å²) >= 11 is 0. The second kappa shape index (κ2) is 11.7. The van der Waals surface area contributed by atoms with E-state index in [2.05, 4.69) is 0 Å². The van der Waals surface area contributed by atoms with Gasteiger partial charge in [-0.15, -0.1) is 0 Å². The molecule has 5 nitrogen and oxygen atoms in total. The van der Waals surface area contributed by atoms with Gasteiger partial charge >= 0.3 is 5.97 Å². The zero-order chi connectivity index (χ0) is 15.3. The van der Waals surface area contributed by atoms with Crippen LogP contribution in [0.3, 0.4) is 0 Å². The van der Waals surface area contributed by atoms with Gasteiger partial charge in [0.2, 0.25) is 0 Å². The van der Waals surface area contributed by atoms with E-state index in [4.69, 9.17) is 18.9 Å². The standard InChI is InChI=1S/C16H28O5/c1-3-20-16(17)10-9-15(14-7-5-4-6-8-14)21-13-19-12-11-18-2/h9-10,14-15H,3-8,11-13H2,1-2H3/b10-9-/t15-/m0/s1. The van der Waals surface area contributed by atoms with Crippen LogP contribution in [0.2, 0.25) is 0 Å². The van der Waals surface area contributed by atoms with Crippen molar-refractivity contribution in [2.45, 2.75) is 45.1 Å². The third-order valence-corrected chi connectivity index (χ3v) is 3.60. The number of rotatable bonds is 10. The summed E-state index contributed by atoms with van der Waals surface area (Å²) < 4.78 is 21.0. The first-order valence-corrected chi connectivity index (χ1v) is 7.81. The van der Waals surface area contributed by atoms with Crippen LogP contribution in [0.4, 0.5) is 0 Å². The van der Waals surface area contributed by atoms with Gasteiger partial charge in [0.05, 0.1) is 25.9 Å². The molecule has 1 saturated carbocycles. The minimum atomic E-state index is -0.317. The van der Waals surface area contributed by atoms with E-state index in [9.17, 15) is 4.79 Å². The highest BCUT2D eigenvalue weighted by atomic mass is 16.7. The van der Waals surface area contributed by atoms with E-state index in [1.54, 1.807) is 14.0 Å². The molecule has 1 aliphatic carbocycles. The minimum absolute atomic E-state index is 0.0859. The van der Waals surface area contributed by atoms with Crippen molar-refractivity contribution in [3.8, 4) is 0 Å². The van der Waals surface area contributed by atoms with Gasteiger partial charge in [0.15, 0.2) is 0 Å². The van der Waals surface area contributed by atoms with Crippen molar-refractivity contribution in [3.63, 3.8) is 0 Å². The number of hydrogen-bond donors (Lipinski definition) is 0. The van der Waals surface area contributed by atoms with Crippen molar-refractivity contribution in [1.29, 1.82) is 0 Å². The van der Waals surface area contributed by atoms with E-state index in [1.165, 1.54) is 25.3 Å². The molecule has 1 fully saturated rings. The number of esters is 1. The van der Waals surface area contributed by atoms with Crippen LogP contribution in [0, 0.1) is 5.92 Å². The second-order valence-electron chi connectivity index (χ2n) is 5.16. The predicted molar refractivity (Wildman–Crippen MR) is 79.9 cm³/mol. The van der Waals surface area contributed by atoms with Gasteiger partial charge in [-0.2, -0.15) is 0 Å². The average molecular weight is 300 g/mol. The fraction of sp³-hybridized carbons (Fsp3) is 0.812. The molecule has 0 heterocycles. The molecular weight excluding hydrogens is 272 g/mol. The highest BCUT2D eigenvalue weighted by Gasteiger charge is 2.22. The number of methoxy groups -OCH3 is 1. The van der Waals surface area contributed by atoms with E-state index >= 15 is 0 Å². The Morgan fingerprint density at radius 2 is 2.00 bits per heavy atom. The largest absolute Gasteiger partial charge is 0.463 e. The van der Waals surface area contributed by atoms with Gasteiger partial charge in [0.25, 0.3) is 0 Å². The average Bonchev–Trinajstić information content (AvgIpc) is 2.51. The smallest absolute Gasteiger partial charge is 0.330 e. The SMILES string of the molecule is CCOC(=O)/C=C\[C@H](OCOCCOC)C1CCCCC1. The van der Waals surface area contributed by atoms with E-state index in [0.717, 1.165) is 12.8 Å². The van der Waals surface area contributed by atoms with Crippen LogP contribution >= 0.6 is 0 Å². The van der Waals surface area contributed by atoms with Crippen molar-refractivity contribution >= 4 is 5.97 Å². The van der Waals surface area contributed by atoms with Crippen molar-refractivity contribution in [2.75, 3.05) is 33.7 Å². The molecule has 0 unspecified atom stereocenters. The Kier molecular flexibility index (Phi) is 10.1. The van der Waals surface area contributed by atoms with Crippen LogP contribution in [0.1, 0.15) is 39.0 Å². The normalized spacial score (nSPS) is 18.0. The number of carbonyl (C=O) groups excluding carboxylic acids is 1.